The third-order valence-electron chi connectivity index (χ3n) is 3.80. The van der Waals surface area contributed by atoms with Crippen molar-refractivity contribution in [2.45, 2.75) is 6.42 Å². The quantitative estimate of drug-likeness (QED) is 0.734. The Balaban J connectivity index is 1.78. The van der Waals surface area contributed by atoms with Gasteiger partial charge in [-0.15, -0.1) is 0 Å². The van der Waals surface area contributed by atoms with Gasteiger partial charge in [-0.3, -0.25) is 9.36 Å². The SMILES string of the molecule is COc1ccc(-n2ccnc(NCCc3ccccc3)c2=O)cc1Cl. The zero-order valence-corrected chi connectivity index (χ0v) is 14.5. The molecule has 128 valence electrons. The highest BCUT2D eigenvalue weighted by molar-refractivity contribution is 6.32. The lowest BCUT2D eigenvalue weighted by atomic mass is 10.1. The summed E-state index contributed by atoms with van der Waals surface area (Å²) in [4.78, 5) is 16.8. The number of anilines is 1. The number of methoxy groups -OCH3 is 1. The van der Waals surface area contributed by atoms with E-state index in [-0.39, 0.29) is 5.56 Å². The molecule has 0 unspecified atom stereocenters. The van der Waals surface area contributed by atoms with Gasteiger partial charge in [-0.2, -0.15) is 0 Å². The number of halogens is 1. The van der Waals surface area contributed by atoms with Crippen LogP contribution < -0.4 is 15.6 Å². The average molecular weight is 356 g/mol. The molecule has 0 atom stereocenters. The fourth-order valence-electron chi connectivity index (χ4n) is 2.51. The number of benzene rings is 2. The molecule has 1 aromatic heterocycles. The molecule has 0 bridgehead atoms. The Morgan fingerprint density at radius 2 is 2.00 bits per heavy atom. The highest BCUT2D eigenvalue weighted by atomic mass is 35.5. The van der Waals surface area contributed by atoms with Crippen LogP contribution in [0.25, 0.3) is 5.69 Å². The molecule has 0 saturated carbocycles. The Labute approximate surface area is 150 Å². The van der Waals surface area contributed by atoms with Gasteiger partial charge in [0.05, 0.1) is 17.8 Å². The van der Waals surface area contributed by atoms with Crippen molar-refractivity contribution in [3.8, 4) is 11.4 Å². The van der Waals surface area contributed by atoms with Crippen molar-refractivity contribution in [3.05, 3.63) is 81.9 Å². The van der Waals surface area contributed by atoms with Gasteiger partial charge in [-0.1, -0.05) is 41.9 Å². The van der Waals surface area contributed by atoms with Crippen molar-refractivity contribution in [1.29, 1.82) is 0 Å². The van der Waals surface area contributed by atoms with E-state index in [4.69, 9.17) is 16.3 Å². The van der Waals surface area contributed by atoms with Crippen molar-refractivity contribution in [2.24, 2.45) is 0 Å². The standard InChI is InChI=1S/C19H18ClN3O2/c1-25-17-8-7-15(13-16(17)20)23-12-11-22-18(19(23)24)21-10-9-14-5-3-2-4-6-14/h2-8,11-13H,9-10H2,1H3,(H,21,22). The molecule has 3 aromatic rings. The van der Waals surface area contributed by atoms with Crippen LogP contribution in [0.5, 0.6) is 5.75 Å². The first-order valence-corrected chi connectivity index (χ1v) is 8.26. The van der Waals surface area contributed by atoms with Gasteiger partial charge in [0.25, 0.3) is 5.56 Å². The smallest absolute Gasteiger partial charge is 0.297 e. The van der Waals surface area contributed by atoms with Crippen LogP contribution >= 0.6 is 11.6 Å². The van der Waals surface area contributed by atoms with E-state index in [1.54, 1.807) is 37.7 Å². The molecule has 0 aliphatic rings. The topological polar surface area (TPSA) is 56.1 Å². The minimum absolute atomic E-state index is 0.225. The maximum absolute atomic E-state index is 12.6. The Bertz CT molecular complexity index is 910. The minimum atomic E-state index is -0.225. The number of nitrogens with zero attached hydrogens (tertiary/aromatic N) is 2. The van der Waals surface area contributed by atoms with E-state index in [9.17, 15) is 4.79 Å². The highest BCUT2D eigenvalue weighted by Crippen LogP contribution is 2.26. The van der Waals surface area contributed by atoms with Gasteiger partial charge in [-0.05, 0) is 30.2 Å². The third-order valence-corrected chi connectivity index (χ3v) is 4.10. The first-order chi connectivity index (χ1) is 12.2. The Morgan fingerprint density at radius 3 is 2.72 bits per heavy atom. The predicted octanol–water partition coefficient (Wildman–Crippen LogP) is 3.55. The summed E-state index contributed by atoms with van der Waals surface area (Å²) >= 11 is 6.15. The first-order valence-electron chi connectivity index (χ1n) is 7.88. The van der Waals surface area contributed by atoms with Crippen molar-refractivity contribution >= 4 is 17.4 Å². The fourth-order valence-corrected chi connectivity index (χ4v) is 2.76. The van der Waals surface area contributed by atoms with E-state index >= 15 is 0 Å². The minimum Gasteiger partial charge on any atom is -0.495 e. The summed E-state index contributed by atoms with van der Waals surface area (Å²) in [6.07, 6.45) is 4.01. The molecule has 0 aliphatic carbocycles. The van der Waals surface area contributed by atoms with Crippen LogP contribution in [0.15, 0.2) is 65.7 Å². The van der Waals surface area contributed by atoms with Crippen molar-refractivity contribution in [2.75, 3.05) is 19.0 Å². The second-order valence-electron chi connectivity index (χ2n) is 5.43. The van der Waals surface area contributed by atoms with E-state index in [1.165, 1.54) is 10.1 Å². The van der Waals surface area contributed by atoms with E-state index in [2.05, 4.69) is 22.4 Å². The lowest BCUT2D eigenvalue weighted by Gasteiger charge is -2.11. The lowest BCUT2D eigenvalue weighted by molar-refractivity contribution is 0.415. The van der Waals surface area contributed by atoms with E-state index in [0.29, 0.717) is 28.8 Å². The number of aromatic nitrogens is 2. The highest BCUT2D eigenvalue weighted by Gasteiger charge is 2.08. The van der Waals surface area contributed by atoms with Crippen molar-refractivity contribution in [3.63, 3.8) is 0 Å². The average Bonchev–Trinajstić information content (AvgIpc) is 2.64. The van der Waals surface area contributed by atoms with Gasteiger partial charge >= 0.3 is 0 Å². The molecule has 3 rings (SSSR count). The van der Waals surface area contributed by atoms with Gasteiger partial charge < -0.3 is 10.1 Å². The Hall–Kier alpha value is -2.79. The molecule has 0 amide bonds. The second kappa shape index (κ2) is 7.85. The number of hydrogen-bond acceptors (Lipinski definition) is 4. The fraction of sp³-hybridized carbons (Fsp3) is 0.158. The number of hydrogen-bond donors (Lipinski definition) is 1. The molecule has 2 aromatic carbocycles. The Kier molecular flexibility index (Phi) is 5.36. The summed E-state index contributed by atoms with van der Waals surface area (Å²) in [6, 6.07) is 15.3. The van der Waals surface area contributed by atoms with Crippen LogP contribution in [-0.2, 0) is 6.42 Å². The molecule has 0 fully saturated rings. The van der Waals surface area contributed by atoms with Crippen LogP contribution in [0.1, 0.15) is 5.56 Å². The van der Waals surface area contributed by atoms with Crippen LogP contribution in [0, 0.1) is 0 Å². The molecular weight excluding hydrogens is 338 g/mol. The van der Waals surface area contributed by atoms with Gasteiger partial charge in [0, 0.05) is 18.9 Å². The number of rotatable bonds is 6. The summed E-state index contributed by atoms with van der Waals surface area (Å²) in [5, 5.41) is 3.55. The van der Waals surface area contributed by atoms with Gasteiger partial charge in [0.2, 0.25) is 0 Å². The third kappa shape index (κ3) is 4.00. The first kappa shape index (κ1) is 17.0. The van der Waals surface area contributed by atoms with E-state index in [0.717, 1.165) is 6.42 Å². The zero-order chi connectivity index (χ0) is 17.6. The van der Waals surface area contributed by atoms with Gasteiger partial charge in [0.15, 0.2) is 5.82 Å². The van der Waals surface area contributed by atoms with Crippen molar-refractivity contribution < 1.29 is 4.74 Å². The lowest BCUT2D eigenvalue weighted by Crippen LogP contribution is -2.24. The molecule has 1 N–H and O–H groups in total. The zero-order valence-electron chi connectivity index (χ0n) is 13.8. The van der Waals surface area contributed by atoms with Crippen LogP contribution in [0.4, 0.5) is 5.82 Å². The molecule has 0 saturated heterocycles. The molecule has 5 nitrogen and oxygen atoms in total. The maximum atomic E-state index is 12.6. The number of nitrogens with one attached hydrogen (secondary N) is 1. The van der Waals surface area contributed by atoms with Gasteiger partial charge in [0.1, 0.15) is 5.75 Å². The van der Waals surface area contributed by atoms with Gasteiger partial charge in [-0.25, -0.2) is 4.98 Å². The maximum Gasteiger partial charge on any atom is 0.297 e. The summed E-state index contributed by atoms with van der Waals surface area (Å²) in [5.41, 5.74) is 1.63. The normalized spacial score (nSPS) is 10.5. The number of ether oxygens (including phenoxy) is 1. The summed E-state index contributed by atoms with van der Waals surface area (Å²) in [6.45, 7) is 0.625. The Morgan fingerprint density at radius 1 is 1.20 bits per heavy atom. The summed E-state index contributed by atoms with van der Waals surface area (Å²) < 4.78 is 6.64. The molecule has 6 heteroatoms. The van der Waals surface area contributed by atoms with Crippen molar-refractivity contribution in [1.82, 2.24) is 9.55 Å². The van der Waals surface area contributed by atoms with Crippen LogP contribution in [0.3, 0.4) is 0 Å². The molecule has 0 radical (unpaired) electrons. The summed E-state index contributed by atoms with van der Waals surface area (Å²) in [7, 11) is 1.55. The largest absolute Gasteiger partial charge is 0.495 e. The summed E-state index contributed by atoms with van der Waals surface area (Å²) in [5.74, 6) is 0.874. The molecule has 1 heterocycles. The molecule has 25 heavy (non-hydrogen) atoms. The van der Waals surface area contributed by atoms with Crippen LogP contribution in [-0.4, -0.2) is 23.2 Å². The molecular formula is C19H18ClN3O2. The van der Waals surface area contributed by atoms with E-state index < -0.39 is 0 Å². The molecule has 0 aliphatic heterocycles. The monoisotopic (exact) mass is 355 g/mol. The molecule has 0 spiro atoms. The predicted molar refractivity (Wildman–Crippen MR) is 100 cm³/mol. The van der Waals surface area contributed by atoms with Crippen LogP contribution in [0.2, 0.25) is 5.02 Å². The second-order valence-corrected chi connectivity index (χ2v) is 5.84. The van der Waals surface area contributed by atoms with E-state index in [1.807, 2.05) is 18.2 Å².